The number of aryl methyl sites for hydroxylation is 1. The molecule has 1 aliphatic rings. The van der Waals surface area contributed by atoms with E-state index in [2.05, 4.69) is 10.3 Å². The standard InChI is InChI=1S/C25H26N4O6/c1-15-12-16(19-4-2-3-5-22(19)26-15)14-35-18-8-6-17(7-9-18)27-23(30)20-10-11-29(25(32)33)13-21(20)24(31)28-34/h2-9,12,20-21,34H,10-11,13-14H2,1H3,(H,27,30)(H,28,31)(H,32,33)/t20-,21-/m0/s1. The fourth-order valence-electron chi connectivity index (χ4n) is 4.33. The van der Waals surface area contributed by atoms with Gasteiger partial charge in [-0.05, 0) is 49.7 Å². The molecule has 0 aliphatic carbocycles. The summed E-state index contributed by atoms with van der Waals surface area (Å²) in [4.78, 5) is 41.8. The topological polar surface area (TPSA) is 141 Å². The molecule has 0 radical (unpaired) electrons. The normalized spacial score (nSPS) is 17.6. The summed E-state index contributed by atoms with van der Waals surface area (Å²) in [7, 11) is 0. The van der Waals surface area contributed by atoms with E-state index in [1.807, 2.05) is 37.3 Å². The van der Waals surface area contributed by atoms with Gasteiger partial charge in [0.15, 0.2) is 0 Å². The van der Waals surface area contributed by atoms with Gasteiger partial charge < -0.3 is 20.1 Å². The number of hydrogen-bond donors (Lipinski definition) is 4. The van der Waals surface area contributed by atoms with Gasteiger partial charge in [0.05, 0.1) is 17.4 Å². The van der Waals surface area contributed by atoms with E-state index in [1.54, 1.807) is 24.3 Å². The van der Waals surface area contributed by atoms with Crippen LogP contribution in [0.25, 0.3) is 10.9 Å². The monoisotopic (exact) mass is 478 g/mol. The molecule has 10 heteroatoms. The molecule has 1 aliphatic heterocycles. The molecule has 0 spiro atoms. The van der Waals surface area contributed by atoms with Gasteiger partial charge in [0.25, 0.3) is 0 Å². The number of carboxylic acid groups (broad SMARTS) is 1. The minimum absolute atomic E-state index is 0.124. The molecule has 0 bridgehead atoms. The zero-order valence-corrected chi connectivity index (χ0v) is 19.1. The van der Waals surface area contributed by atoms with Gasteiger partial charge in [-0.2, -0.15) is 0 Å². The lowest BCUT2D eigenvalue weighted by atomic mass is 9.84. The van der Waals surface area contributed by atoms with Gasteiger partial charge in [-0.1, -0.05) is 18.2 Å². The zero-order chi connectivity index (χ0) is 24.9. The average Bonchev–Trinajstić information content (AvgIpc) is 2.87. The molecule has 4 rings (SSSR count). The fraction of sp³-hybridized carbons (Fsp3) is 0.280. The number of aromatic nitrogens is 1. The number of ether oxygens (including phenoxy) is 1. The lowest BCUT2D eigenvalue weighted by Gasteiger charge is -2.35. The van der Waals surface area contributed by atoms with Crippen LogP contribution in [-0.4, -0.2) is 51.2 Å². The second-order valence-electron chi connectivity index (χ2n) is 8.45. The predicted octanol–water partition coefficient (Wildman–Crippen LogP) is 3.18. The van der Waals surface area contributed by atoms with Crippen molar-refractivity contribution >= 4 is 34.5 Å². The summed E-state index contributed by atoms with van der Waals surface area (Å²) in [5.74, 6) is -2.37. The molecule has 35 heavy (non-hydrogen) atoms. The molecule has 1 saturated heterocycles. The number of carbonyl (C=O) groups is 3. The largest absolute Gasteiger partial charge is 0.489 e. The highest BCUT2D eigenvalue weighted by Gasteiger charge is 2.40. The minimum Gasteiger partial charge on any atom is -0.489 e. The molecule has 3 amide bonds. The van der Waals surface area contributed by atoms with E-state index in [4.69, 9.17) is 9.94 Å². The number of hydroxylamine groups is 1. The first kappa shape index (κ1) is 24.0. The highest BCUT2D eigenvalue weighted by atomic mass is 16.5. The van der Waals surface area contributed by atoms with Crippen molar-refractivity contribution in [3.05, 3.63) is 65.9 Å². The summed E-state index contributed by atoms with van der Waals surface area (Å²) < 4.78 is 5.95. The van der Waals surface area contributed by atoms with E-state index in [0.29, 0.717) is 18.0 Å². The number of pyridine rings is 1. The number of rotatable bonds is 6. The summed E-state index contributed by atoms with van der Waals surface area (Å²) in [5, 5.41) is 22.0. The number of piperidine rings is 1. The molecule has 1 fully saturated rings. The molecule has 0 saturated carbocycles. The van der Waals surface area contributed by atoms with Crippen LogP contribution in [-0.2, 0) is 16.2 Å². The van der Waals surface area contributed by atoms with Crippen molar-refractivity contribution in [2.75, 3.05) is 18.4 Å². The molecular weight excluding hydrogens is 452 g/mol. The molecular formula is C25H26N4O6. The number of anilines is 1. The first-order chi connectivity index (χ1) is 16.9. The van der Waals surface area contributed by atoms with Crippen LogP contribution < -0.4 is 15.5 Å². The van der Waals surface area contributed by atoms with Gasteiger partial charge >= 0.3 is 6.09 Å². The first-order valence-electron chi connectivity index (χ1n) is 11.2. The number of hydrogen-bond acceptors (Lipinski definition) is 6. The maximum atomic E-state index is 12.9. The summed E-state index contributed by atoms with van der Waals surface area (Å²) in [6.07, 6.45) is -1.01. The van der Waals surface area contributed by atoms with E-state index in [9.17, 15) is 19.5 Å². The number of fused-ring (bicyclic) bond motifs is 1. The molecule has 2 heterocycles. The van der Waals surface area contributed by atoms with Crippen LogP contribution in [0.2, 0.25) is 0 Å². The van der Waals surface area contributed by atoms with Gasteiger partial charge in [0, 0.05) is 35.4 Å². The quantitative estimate of drug-likeness (QED) is 0.315. The number of nitrogens with one attached hydrogen (secondary N) is 2. The fourth-order valence-corrected chi connectivity index (χ4v) is 4.33. The number of nitrogens with zero attached hydrogens (tertiary/aromatic N) is 2. The van der Waals surface area contributed by atoms with Crippen LogP contribution in [0.5, 0.6) is 5.75 Å². The van der Waals surface area contributed by atoms with Gasteiger partial charge in [-0.25, -0.2) is 10.3 Å². The lowest BCUT2D eigenvalue weighted by molar-refractivity contribution is -0.141. The Morgan fingerprint density at radius 3 is 2.54 bits per heavy atom. The van der Waals surface area contributed by atoms with Crippen molar-refractivity contribution in [2.24, 2.45) is 11.8 Å². The van der Waals surface area contributed by atoms with E-state index in [1.165, 1.54) is 5.48 Å². The number of amides is 3. The summed E-state index contributed by atoms with van der Waals surface area (Å²) in [6, 6.07) is 16.7. The first-order valence-corrected chi connectivity index (χ1v) is 11.2. The molecule has 10 nitrogen and oxygen atoms in total. The Bertz CT molecular complexity index is 1250. The van der Waals surface area contributed by atoms with E-state index >= 15 is 0 Å². The Morgan fingerprint density at radius 1 is 1.09 bits per heavy atom. The molecule has 182 valence electrons. The molecule has 0 unspecified atom stereocenters. The van der Waals surface area contributed by atoms with Crippen molar-refractivity contribution < 1.29 is 29.4 Å². The zero-order valence-electron chi connectivity index (χ0n) is 19.1. The third kappa shape index (κ3) is 5.49. The Labute approximate surface area is 201 Å². The number of carbonyl (C=O) groups excluding carboxylic acids is 2. The van der Waals surface area contributed by atoms with Crippen molar-refractivity contribution in [2.45, 2.75) is 20.0 Å². The Kier molecular flexibility index (Phi) is 7.11. The summed E-state index contributed by atoms with van der Waals surface area (Å²) in [6.45, 7) is 2.25. The van der Waals surface area contributed by atoms with Crippen molar-refractivity contribution in [3.63, 3.8) is 0 Å². The Morgan fingerprint density at radius 2 is 1.83 bits per heavy atom. The van der Waals surface area contributed by atoms with Gasteiger partial charge in [-0.3, -0.25) is 19.8 Å². The molecule has 2 aromatic carbocycles. The molecule has 4 N–H and O–H groups in total. The van der Waals surface area contributed by atoms with Crippen molar-refractivity contribution in [1.82, 2.24) is 15.4 Å². The van der Waals surface area contributed by atoms with Crippen LogP contribution >= 0.6 is 0 Å². The molecule has 3 aromatic rings. The summed E-state index contributed by atoms with van der Waals surface area (Å²) >= 11 is 0. The van der Waals surface area contributed by atoms with Crippen LogP contribution in [0.4, 0.5) is 10.5 Å². The number of likely N-dealkylation sites (tertiary alicyclic amines) is 1. The third-order valence-electron chi connectivity index (χ3n) is 6.11. The lowest BCUT2D eigenvalue weighted by Crippen LogP contribution is -2.51. The van der Waals surface area contributed by atoms with Crippen LogP contribution in [0, 0.1) is 18.8 Å². The molecule has 1 aromatic heterocycles. The highest BCUT2D eigenvalue weighted by Crippen LogP contribution is 2.27. The summed E-state index contributed by atoms with van der Waals surface area (Å²) in [5.41, 5.74) is 4.88. The van der Waals surface area contributed by atoms with E-state index in [0.717, 1.165) is 27.1 Å². The van der Waals surface area contributed by atoms with Crippen molar-refractivity contribution in [1.29, 1.82) is 0 Å². The maximum Gasteiger partial charge on any atom is 0.407 e. The van der Waals surface area contributed by atoms with Gasteiger partial charge in [-0.15, -0.1) is 0 Å². The number of para-hydroxylation sites is 1. The number of benzene rings is 2. The third-order valence-corrected chi connectivity index (χ3v) is 6.11. The smallest absolute Gasteiger partial charge is 0.407 e. The SMILES string of the molecule is Cc1cc(COc2ccc(NC(=O)[C@H]3CCN(C(=O)O)C[C@@H]3C(=O)NO)cc2)c2ccccc2n1. The minimum atomic E-state index is -1.18. The maximum absolute atomic E-state index is 12.9. The van der Waals surface area contributed by atoms with Crippen molar-refractivity contribution in [3.8, 4) is 5.75 Å². The second-order valence-corrected chi connectivity index (χ2v) is 8.45. The second kappa shape index (κ2) is 10.4. The van der Waals surface area contributed by atoms with Crippen LogP contribution in [0.3, 0.4) is 0 Å². The predicted molar refractivity (Wildman–Crippen MR) is 127 cm³/mol. The van der Waals surface area contributed by atoms with Gasteiger partial charge in [0.1, 0.15) is 12.4 Å². The highest BCUT2D eigenvalue weighted by molar-refractivity contribution is 5.96. The Balaban J connectivity index is 1.40. The average molecular weight is 479 g/mol. The van der Waals surface area contributed by atoms with Crippen LogP contribution in [0.1, 0.15) is 17.7 Å². The van der Waals surface area contributed by atoms with Crippen LogP contribution in [0.15, 0.2) is 54.6 Å². The van der Waals surface area contributed by atoms with Gasteiger partial charge in [0.2, 0.25) is 11.8 Å². The van der Waals surface area contributed by atoms with E-state index in [-0.39, 0.29) is 19.5 Å². The Hall–Kier alpha value is -4.18. The van der Waals surface area contributed by atoms with E-state index < -0.39 is 29.7 Å². The molecule has 2 atom stereocenters.